The predicted octanol–water partition coefficient (Wildman–Crippen LogP) is 2.72. The van der Waals surface area contributed by atoms with Crippen LogP contribution in [0.25, 0.3) is 11.0 Å². The Morgan fingerprint density at radius 2 is 1.83 bits per heavy atom. The topological polar surface area (TPSA) is 70.9 Å². The van der Waals surface area contributed by atoms with Gasteiger partial charge in [-0.2, -0.15) is 0 Å². The van der Waals surface area contributed by atoms with Crippen molar-refractivity contribution >= 4 is 34.6 Å². The zero-order chi connectivity index (χ0) is 20.7. The Bertz CT molecular complexity index is 1110. The van der Waals surface area contributed by atoms with Gasteiger partial charge in [-0.15, -0.1) is 0 Å². The Morgan fingerprint density at radius 1 is 1.03 bits per heavy atom. The first kappa shape index (κ1) is 18.5. The summed E-state index contributed by atoms with van der Waals surface area (Å²) in [4.78, 5) is 35.5. The summed E-state index contributed by atoms with van der Waals surface area (Å²) < 4.78 is 7.52. The summed E-state index contributed by atoms with van der Waals surface area (Å²) in [5, 5.41) is 0. The molecule has 8 nitrogen and oxygen atoms in total. The fourth-order valence-electron chi connectivity index (χ4n) is 4.13. The summed E-state index contributed by atoms with van der Waals surface area (Å²) >= 11 is 0. The van der Waals surface area contributed by atoms with Crippen molar-refractivity contribution in [1.82, 2.24) is 14.5 Å². The van der Waals surface area contributed by atoms with Crippen LogP contribution in [0, 0.1) is 0 Å². The van der Waals surface area contributed by atoms with Gasteiger partial charge in [-0.05, 0) is 43.3 Å². The average molecular weight is 405 g/mol. The highest BCUT2D eigenvalue weighted by molar-refractivity contribution is 6.01. The van der Waals surface area contributed by atoms with Gasteiger partial charge in [-0.1, -0.05) is 12.1 Å². The van der Waals surface area contributed by atoms with Gasteiger partial charge in [0.15, 0.2) is 0 Å². The normalized spacial score (nSPS) is 15.9. The molecule has 0 atom stereocenters. The summed E-state index contributed by atoms with van der Waals surface area (Å²) in [7, 11) is 0. The molecule has 30 heavy (non-hydrogen) atoms. The molecule has 3 amide bonds. The lowest BCUT2D eigenvalue weighted by atomic mass is 10.3. The highest BCUT2D eigenvalue weighted by atomic mass is 16.5. The lowest BCUT2D eigenvalue weighted by molar-refractivity contribution is -0.119. The van der Waals surface area contributed by atoms with Crippen molar-refractivity contribution in [1.29, 1.82) is 0 Å². The summed E-state index contributed by atoms with van der Waals surface area (Å²) in [5.41, 5.74) is 2.71. The number of aromatic nitrogens is 2. The number of anilines is 2. The van der Waals surface area contributed by atoms with Gasteiger partial charge in [-0.25, -0.2) is 9.78 Å². The lowest BCUT2D eigenvalue weighted by Crippen LogP contribution is -2.42. The van der Waals surface area contributed by atoms with Crippen molar-refractivity contribution in [2.24, 2.45) is 0 Å². The van der Waals surface area contributed by atoms with E-state index in [1.807, 2.05) is 55.5 Å². The summed E-state index contributed by atoms with van der Waals surface area (Å²) in [6.07, 6.45) is 0. The van der Waals surface area contributed by atoms with Crippen molar-refractivity contribution in [2.45, 2.75) is 13.5 Å². The van der Waals surface area contributed by atoms with E-state index in [0.717, 1.165) is 22.5 Å². The van der Waals surface area contributed by atoms with Crippen LogP contribution in [0.3, 0.4) is 0 Å². The molecule has 0 unspecified atom stereocenters. The number of rotatable bonds is 5. The molecule has 2 aromatic carbocycles. The number of amides is 3. The summed E-state index contributed by atoms with van der Waals surface area (Å²) in [6, 6.07) is 15.2. The highest BCUT2D eigenvalue weighted by Crippen LogP contribution is 2.28. The molecule has 154 valence electrons. The van der Waals surface area contributed by atoms with Crippen molar-refractivity contribution in [3.8, 4) is 5.75 Å². The van der Waals surface area contributed by atoms with Crippen LogP contribution in [0.2, 0.25) is 0 Å². The van der Waals surface area contributed by atoms with Crippen LogP contribution in [0.15, 0.2) is 48.5 Å². The van der Waals surface area contributed by atoms with E-state index in [1.54, 1.807) is 14.7 Å². The van der Waals surface area contributed by atoms with Gasteiger partial charge >= 0.3 is 6.03 Å². The molecule has 0 N–H and O–H groups in total. The smallest absolute Gasteiger partial charge is 0.325 e. The Morgan fingerprint density at radius 3 is 2.63 bits per heavy atom. The first-order chi connectivity index (χ1) is 14.7. The van der Waals surface area contributed by atoms with Gasteiger partial charge in [0.2, 0.25) is 11.9 Å². The number of hydrogen-bond acceptors (Lipinski definition) is 4. The first-order valence-electron chi connectivity index (χ1n) is 10.2. The van der Waals surface area contributed by atoms with E-state index in [1.165, 1.54) is 0 Å². The molecule has 0 bridgehead atoms. The van der Waals surface area contributed by atoms with Gasteiger partial charge in [-0.3, -0.25) is 14.6 Å². The first-order valence-corrected chi connectivity index (χ1v) is 10.2. The number of carbonyl (C=O) groups excluding carboxylic acids is 2. The third-order valence-corrected chi connectivity index (χ3v) is 5.60. The van der Waals surface area contributed by atoms with Crippen LogP contribution in [0.5, 0.6) is 5.75 Å². The molecule has 0 aliphatic carbocycles. The lowest BCUT2D eigenvalue weighted by Gasteiger charge is -2.21. The third kappa shape index (κ3) is 3.04. The Labute approximate surface area is 174 Å². The number of para-hydroxylation sites is 2. The molecule has 0 radical (unpaired) electrons. The maximum absolute atomic E-state index is 13.0. The number of benzene rings is 2. The second-order valence-corrected chi connectivity index (χ2v) is 7.38. The van der Waals surface area contributed by atoms with Crippen molar-refractivity contribution < 1.29 is 14.3 Å². The molecule has 2 aliphatic heterocycles. The number of urea groups is 1. The number of ether oxygens (including phenoxy) is 1. The van der Waals surface area contributed by atoms with Gasteiger partial charge < -0.3 is 14.2 Å². The van der Waals surface area contributed by atoms with Crippen LogP contribution in [0.1, 0.15) is 6.92 Å². The number of fused-ring (bicyclic) bond motifs is 3. The minimum Gasteiger partial charge on any atom is -0.494 e. The number of nitrogens with zero attached hydrogens (tertiary/aromatic N) is 5. The second-order valence-electron chi connectivity index (χ2n) is 7.38. The predicted molar refractivity (Wildman–Crippen MR) is 114 cm³/mol. The van der Waals surface area contributed by atoms with E-state index >= 15 is 0 Å². The van der Waals surface area contributed by atoms with Crippen LogP contribution >= 0.6 is 0 Å². The Balaban J connectivity index is 1.28. The van der Waals surface area contributed by atoms with Crippen LogP contribution < -0.4 is 14.5 Å². The van der Waals surface area contributed by atoms with E-state index in [2.05, 4.69) is 9.55 Å². The Hall–Kier alpha value is -3.55. The SMILES string of the molecule is CCOc1ccc(N2CCN(CC(=O)N3CCn4c3nc3ccccc34)C2=O)cc1. The fourth-order valence-corrected chi connectivity index (χ4v) is 4.13. The minimum absolute atomic E-state index is 0.0512. The molecular weight excluding hydrogens is 382 g/mol. The van der Waals surface area contributed by atoms with Crippen LogP contribution in [-0.4, -0.2) is 59.2 Å². The quantitative estimate of drug-likeness (QED) is 0.654. The molecule has 3 aromatic rings. The zero-order valence-corrected chi connectivity index (χ0v) is 16.8. The van der Waals surface area contributed by atoms with E-state index in [0.29, 0.717) is 38.7 Å². The molecule has 5 rings (SSSR count). The summed E-state index contributed by atoms with van der Waals surface area (Å²) in [5.74, 6) is 1.33. The molecule has 1 saturated heterocycles. The van der Waals surface area contributed by atoms with Crippen molar-refractivity contribution in [3.05, 3.63) is 48.5 Å². The monoisotopic (exact) mass is 405 g/mol. The standard InChI is InChI=1S/C22H23N5O3/c1-2-30-17-9-7-16(8-10-17)25-12-11-24(22(25)29)15-20(28)27-14-13-26-19-6-4-3-5-18(19)23-21(26)27/h3-10H,2,11-15H2,1H3. The van der Waals surface area contributed by atoms with Gasteiger partial charge in [0.05, 0.1) is 17.6 Å². The molecule has 0 spiro atoms. The molecular formula is C22H23N5O3. The maximum Gasteiger partial charge on any atom is 0.325 e. The molecule has 0 saturated carbocycles. The van der Waals surface area contributed by atoms with Gasteiger partial charge in [0.25, 0.3) is 0 Å². The molecule has 3 heterocycles. The molecule has 1 aromatic heterocycles. The fraction of sp³-hybridized carbons (Fsp3) is 0.318. The molecule has 1 fully saturated rings. The number of imidazole rings is 1. The highest BCUT2D eigenvalue weighted by Gasteiger charge is 2.34. The summed E-state index contributed by atoms with van der Waals surface area (Å²) in [6.45, 7) is 4.95. The maximum atomic E-state index is 13.0. The third-order valence-electron chi connectivity index (χ3n) is 5.60. The van der Waals surface area contributed by atoms with Crippen molar-refractivity contribution in [3.63, 3.8) is 0 Å². The zero-order valence-electron chi connectivity index (χ0n) is 16.8. The second kappa shape index (κ2) is 7.37. The van der Waals surface area contributed by atoms with E-state index < -0.39 is 0 Å². The van der Waals surface area contributed by atoms with E-state index in [-0.39, 0.29) is 18.5 Å². The van der Waals surface area contributed by atoms with Gasteiger partial charge in [0.1, 0.15) is 12.3 Å². The van der Waals surface area contributed by atoms with E-state index in [4.69, 9.17) is 4.74 Å². The minimum atomic E-state index is -0.153. The molecule has 2 aliphatic rings. The number of hydrogen-bond donors (Lipinski definition) is 0. The number of carbonyl (C=O) groups is 2. The largest absolute Gasteiger partial charge is 0.494 e. The van der Waals surface area contributed by atoms with Crippen LogP contribution in [-0.2, 0) is 11.3 Å². The average Bonchev–Trinajstić information content (AvgIpc) is 3.43. The van der Waals surface area contributed by atoms with Crippen molar-refractivity contribution in [2.75, 3.05) is 42.6 Å². The Kier molecular flexibility index (Phi) is 4.54. The van der Waals surface area contributed by atoms with Crippen LogP contribution in [0.4, 0.5) is 16.4 Å². The van der Waals surface area contributed by atoms with E-state index in [9.17, 15) is 9.59 Å². The van der Waals surface area contributed by atoms with Gasteiger partial charge in [0, 0.05) is 31.9 Å². The molecule has 8 heteroatoms.